The smallest absolute Gasteiger partial charge is 0.0797 e. The standard InChI is InChI=1S/C14H24O2/c1-4-5-14(15)12(3)6-7-13-10-11(2)8-9-16-13/h6-8,12-15H,4-5,9-10H2,1-3H3/b7-6+. The van der Waals surface area contributed by atoms with Crippen LogP contribution in [0.15, 0.2) is 23.8 Å². The fourth-order valence-electron chi connectivity index (χ4n) is 1.88. The molecule has 0 aromatic rings. The van der Waals surface area contributed by atoms with Crippen molar-refractivity contribution < 1.29 is 9.84 Å². The fraction of sp³-hybridized carbons (Fsp3) is 0.714. The van der Waals surface area contributed by atoms with Crippen LogP contribution >= 0.6 is 0 Å². The van der Waals surface area contributed by atoms with Crippen LogP contribution in [-0.4, -0.2) is 23.9 Å². The Hall–Kier alpha value is -0.600. The molecule has 0 saturated heterocycles. The van der Waals surface area contributed by atoms with Crippen LogP contribution in [0.4, 0.5) is 0 Å². The second-order valence-corrected chi connectivity index (χ2v) is 4.73. The molecule has 0 fully saturated rings. The van der Waals surface area contributed by atoms with Gasteiger partial charge in [0, 0.05) is 5.92 Å². The fourth-order valence-corrected chi connectivity index (χ4v) is 1.88. The van der Waals surface area contributed by atoms with Crippen molar-refractivity contribution in [2.45, 2.75) is 52.2 Å². The Labute approximate surface area is 99.0 Å². The van der Waals surface area contributed by atoms with Crippen LogP contribution in [0.25, 0.3) is 0 Å². The first-order valence-electron chi connectivity index (χ1n) is 6.27. The van der Waals surface area contributed by atoms with E-state index in [1.54, 1.807) is 0 Å². The summed E-state index contributed by atoms with van der Waals surface area (Å²) < 4.78 is 5.59. The van der Waals surface area contributed by atoms with E-state index in [1.807, 2.05) is 0 Å². The molecular formula is C14H24O2. The van der Waals surface area contributed by atoms with Crippen LogP contribution in [0, 0.1) is 5.92 Å². The predicted octanol–water partition coefficient (Wildman–Crippen LogP) is 3.07. The van der Waals surface area contributed by atoms with Crippen molar-refractivity contribution in [1.29, 1.82) is 0 Å². The van der Waals surface area contributed by atoms with Gasteiger partial charge in [-0.15, -0.1) is 0 Å². The average Bonchev–Trinajstić information content (AvgIpc) is 2.26. The van der Waals surface area contributed by atoms with E-state index in [0.717, 1.165) is 19.3 Å². The number of aliphatic hydroxyl groups excluding tert-OH is 1. The van der Waals surface area contributed by atoms with Crippen molar-refractivity contribution in [3.8, 4) is 0 Å². The van der Waals surface area contributed by atoms with Gasteiger partial charge in [-0.2, -0.15) is 0 Å². The van der Waals surface area contributed by atoms with Crippen molar-refractivity contribution in [3.05, 3.63) is 23.8 Å². The zero-order valence-electron chi connectivity index (χ0n) is 10.6. The summed E-state index contributed by atoms with van der Waals surface area (Å²) >= 11 is 0. The second kappa shape index (κ2) is 6.87. The molecule has 3 atom stereocenters. The summed E-state index contributed by atoms with van der Waals surface area (Å²) in [4.78, 5) is 0. The van der Waals surface area contributed by atoms with Gasteiger partial charge in [0.2, 0.25) is 0 Å². The SMILES string of the molecule is CCCC(O)C(C)/C=C/C1CC(C)=CCO1. The van der Waals surface area contributed by atoms with Crippen molar-refractivity contribution >= 4 is 0 Å². The first-order valence-corrected chi connectivity index (χ1v) is 6.27. The van der Waals surface area contributed by atoms with Gasteiger partial charge in [-0.25, -0.2) is 0 Å². The Bertz CT molecular complexity index is 255. The van der Waals surface area contributed by atoms with E-state index in [1.165, 1.54) is 5.57 Å². The monoisotopic (exact) mass is 224 g/mol. The summed E-state index contributed by atoms with van der Waals surface area (Å²) in [5.41, 5.74) is 1.39. The molecule has 1 aliphatic heterocycles. The molecule has 92 valence electrons. The summed E-state index contributed by atoms with van der Waals surface area (Å²) in [5, 5.41) is 9.80. The highest BCUT2D eigenvalue weighted by molar-refractivity contribution is 5.08. The third-order valence-electron chi connectivity index (χ3n) is 3.09. The van der Waals surface area contributed by atoms with E-state index in [9.17, 15) is 5.11 Å². The molecule has 0 aliphatic carbocycles. The Morgan fingerprint density at radius 1 is 1.62 bits per heavy atom. The van der Waals surface area contributed by atoms with Gasteiger partial charge in [-0.05, 0) is 19.8 Å². The van der Waals surface area contributed by atoms with Gasteiger partial charge >= 0.3 is 0 Å². The molecule has 0 saturated carbocycles. The van der Waals surface area contributed by atoms with Gasteiger partial charge < -0.3 is 9.84 Å². The van der Waals surface area contributed by atoms with Crippen molar-refractivity contribution in [3.63, 3.8) is 0 Å². The van der Waals surface area contributed by atoms with Gasteiger partial charge in [0.25, 0.3) is 0 Å². The average molecular weight is 224 g/mol. The molecule has 1 aliphatic rings. The molecule has 3 unspecified atom stereocenters. The first kappa shape index (κ1) is 13.5. The molecule has 1 N–H and O–H groups in total. The lowest BCUT2D eigenvalue weighted by molar-refractivity contribution is 0.0964. The topological polar surface area (TPSA) is 29.5 Å². The highest BCUT2D eigenvalue weighted by Crippen LogP contribution is 2.17. The molecule has 2 heteroatoms. The zero-order chi connectivity index (χ0) is 12.0. The van der Waals surface area contributed by atoms with Gasteiger partial charge in [0.05, 0.1) is 18.8 Å². The number of aliphatic hydroxyl groups is 1. The van der Waals surface area contributed by atoms with Crippen LogP contribution in [-0.2, 0) is 4.74 Å². The molecule has 0 aromatic heterocycles. The van der Waals surface area contributed by atoms with Gasteiger partial charge in [-0.3, -0.25) is 0 Å². The molecule has 0 radical (unpaired) electrons. The van der Waals surface area contributed by atoms with Gasteiger partial charge in [0.1, 0.15) is 0 Å². The lowest BCUT2D eigenvalue weighted by atomic mass is 9.98. The maximum absolute atomic E-state index is 9.80. The molecule has 0 bridgehead atoms. The van der Waals surface area contributed by atoms with Gasteiger partial charge in [-0.1, -0.05) is 44.1 Å². The summed E-state index contributed by atoms with van der Waals surface area (Å²) in [6, 6.07) is 0. The summed E-state index contributed by atoms with van der Waals surface area (Å²) in [5.74, 6) is 0.217. The molecule has 1 heterocycles. The van der Waals surface area contributed by atoms with E-state index in [2.05, 4.69) is 39.0 Å². The Morgan fingerprint density at radius 3 is 3.00 bits per heavy atom. The Morgan fingerprint density at radius 2 is 2.38 bits per heavy atom. The van der Waals surface area contributed by atoms with E-state index < -0.39 is 0 Å². The number of hydrogen-bond acceptors (Lipinski definition) is 2. The zero-order valence-corrected chi connectivity index (χ0v) is 10.6. The largest absolute Gasteiger partial charge is 0.393 e. The number of rotatable bonds is 5. The number of hydrogen-bond donors (Lipinski definition) is 1. The van der Waals surface area contributed by atoms with Crippen LogP contribution in [0.1, 0.15) is 40.0 Å². The van der Waals surface area contributed by atoms with Crippen molar-refractivity contribution in [2.24, 2.45) is 5.92 Å². The Balaban J connectivity index is 2.38. The molecule has 2 nitrogen and oxygen atoms in total. The van der Waals surface area contributed by atoms with E-state index in [4.69, 9.17) is 4.74 Å². The molecule has 1 rings (SSSR count). The summed E-state index contributed by atoms with van der Waals surface area (Å²) in [7, 11) is 0. The van der Waals surface area contributed by atoms with Crippen molar-refractivity contribution in [1.82, 2.24) is 0 Å². The van der Waals surface area contributed by atoms with E-state index in [-0.39, 0.29) is 18.1 Å². The minimum atomic E-state index is -0.221. The summed E-state index contributed by atoms with van der Waals surface area (Å²) in [6.45, 7) is 7.01. The summed E-state index contributed by atoms with van der Waals surface area (Å²) in [6.07, 6.45) is 9.16. The quantitative estimate of drug-likeness (QED) is 0.727. The second-order valence-electron chi connectivity index (χ2n) is 4.73. The molecule has 16 heavy (non-hydrogen) atoms. The predicted molar refractivity (Wildman–Crippen MR) is 67.3 cm³/mol. The third kappa shape index (κ3) is 4.50. The van der Waals surface area contributed by atoms with E-state index in [0.29, 0.717) is 6.61 Å². The molecule has 0 spiro atoms. The van der Waals surface area contributed by atoms with Gasteiger partial charge in [0.15, 0.2) is 0 Å². The maximum atomic E-state index is 9.80. The minimum Gasteiger partial charge on any atom is -0.393 e. The first-order chi connectivity index (χ1) is 7.63. The minimum absolute atomic E-state index is 0.196. The van der Waals surface area contributed by atoms with Crippen LogP contribution in [0.2, 0.25) is 0 Å². The highest BCUT2D eigenvalue weighted by Gasteiger charge is 2.13. The lowest BCUT2D eigenvalue weighted by Crippen LogP contribution is -2.18. The van der Waals surface area contributed by atoms with Crippen molar-refractivity contribution in [2.75, 3.05) is 6.61 Å². The third-order valence-corrected chi connectivity index (χ3v) is 3.09. The number of ether oxygens (including phenoxy) is 1. The Kier molecular flexibility index (Phi) is 5.78. The maximum Gasteiger partial charge on any atom is 0.0797 e. The molecule has 0 aromatic carbocycles. The molecule has 0 amide bonds. The van der Waals surface area contributed by atoms with E-state index >= 15 is 0 Å². The molecular weight excluding hydrogens is 200 g/mol. The highest BCUT2D eigenvalue weighted by atomic mass is 16.5. The normalized spacial score (nSPS) is 25.5. The lowest BCUT2D eigenvalue weighted by Gasteiger charge is -2.20. The van der Waals surface area contributed by atoms with Crippen LogP contribution < -0.4 is 0 Å². The van der Waals surface area contributed by atoms with Crippen LogP contribution in [0.3, 0.4) is 0 Å². The van der Waals surface area contributed by atoms with Crippen LogP contribution in [0.5, 0.6) is 0 Å².